The van der Waals surface area contributed by atoms with Gasteiger partial charge in [0.05, 0.1) is 10.1 Å². The van der Waals surface area contributed by atoms with E-state index in [-0.39, 0.29) is 18.0 Å². The molecule has 2 atom stereocenters. The molecule has 4 nitrogen and oxygen atoms in total. The minimum absolute atomic E-state index is 0.139. The first kappa shape index (κ1) is 17.1. The molecule has 128 valence electrons. The van der Waals surface area contributed by atoms with Crippen molar-refractivity contribution in [1.29, 1.82) is 0 Å². The maximum Gasteiger partial charge on any atom is 0.182 e. The van der Waals surface area contributed by atoms with Crippen LogP contribution in [0, 0.1) is 18.2 Å². The fourth-order valence-electron chi connectivity index (χ4n) is 3.59. The van der Waals surface area contributed by atoms with Gasteiger partial charge in [0.1, 0.15) is 5.82 Å². The van der Waals surface area contributed by atoms with E-state index in [0.717, 1.165) is 5.56 Å². The summed E-state index contributed by atoms with van der Waals surface area (Å²) in [5.41, 5.74) is 12.7. The van der Waals surface area contributed by atoms with Gasteiger partial charge in [-0.15, -0.1) is 0 Å². The molecule has 0 aliphatic heterocycles. The molecule has 1 fully saturated rings. The van der Waals surface area contributed by atoms with E-state index < -0.39 is 32.2 Å². The fourth-order valence-corrected chi connectivity index (χ4v) is 6.07. The van der Waals surface area contributed by atoms with Crippen LogP contribution in [0.25, 0.3) is 0 Å². The largest absolute Gasteiger partial charge is 0.330 e. The zero-order valence-electron chi connectivity index (χ0n) is 13.4. The van der Waals surface area contributed by atoms with Gasteiger partial charge in [0.2, 0.25) is 0 Å². The summed E-state index contributed by atoms with van der Waals surface area (Å²) < 4.78 is 39.8. The second kappa shape index (κ2) is 5.95. The minimum atomic E-state index is -3.61. The number of sulfone groups is 1. The Labute approximate surface area is 141 Å². The lowest BCUT2D eigenvalue weighted by Crippen LogP contribution is -2.31. The van der Waals surface area contributed by atoms with E-state index in [1.54, 1.807) is 36.4 Å². The van der Waals surface area contributed by atoms with Gasteiger partial charge in [0, 0.05) is 24.4 Å². The Morgan fingerprint density at radius 2 is 1.71 bits per heavy atom. The topological polar surface area (TPSA) is 86.2 Å². The SMILES string of the molecule is Cc1ccc(S(=O)(=O)[C@@H]2[C@H](c3cccc(F)c3)C2(CN)CN)cc1. The highest BCUT2D eigenvalue weighted by molar-refractivity contribution is 7.92. The van der Waals surface area contributed by atoms with Gasteiger partial charge in [-0.05, 0) is 36.8 Å². The molecule has 2 aromatic carbocycles. The van der Waals surface area contributed by atoms with Crippen LogP contribution in [0.4, 0.5) is 4.39 Å². The summed E-state index contributed by atoms with van der Waals surface area (Å²) in [6.07, 6.45) is 0. The quantitative estimate of drug-likeness (QED) is 0.865. The second-order valence-electron chi connectivity index (χ2n) is 6.45. The van der Waals surface area contributed by atoms with Gasteiger partial charge in [0.15, 0.2) is 9.84 Å². The standard InChI is InChI=1S/C18H21FN2O2S/c1-12-5-7-15(8-6-12)24(22,23)17-16(18(17,10-20)11-21)13-3-2-4-14(19)9-13/h2-9,16-17H,10-11,20-21H2,1H3/t16-,17+/m0/s1. The first-order valence-electron chi connectivity index (χ1n) is 7.83. The van der Waals surface area contributed by atoms with E-state index >= 15 is 0 Å². The monoisotopic (exact) mass is 348 g/mol. The third kappa shape index (κ3) is 2.55. The molecular weight excluding hydrogens is 327 g/mol. The van der Waals surface area contributed by atoms with Crippen LogP contribution in [-0.2, 0) is 9.84 Å². The van der Waals surface area contributed by atoms with E-state index in [9.17, 15) is 12.8 Å². The maximum atomic E-state index is 13.6. The molecule has 0 unspecified atom stereocenters. The van der Waals surface area contributed by atoms with Crippen LogP contribution < -0.4 is 11.5 Å². The molecule has 0 amide bonds. The summed E-state index contributed by atoms with van der Waals surface area (Å²) in [6.45, 7) is 2.17. The number of benzene rings is 2. The van der Waals surface area contributed by atoms with E-state index in [1.165, 1.54) is 12.1 Å². The van der Waals surface area contributed by atoms with E-state index in [1.807, 2.05) is 6.92 Å². The average Bonchev–Trinajstić information content (AvgIpc) is 3.26. The van der Waals surface area contributed by atoms with E-state index in [4.69, 9.17) is 11.5 Å². The summed E-state index contributed by atoms with van der Waals surface area (Å²) in [5.74, 6) is -0.789. The molecule has 3 rings (SSSR count). The normalized spacial score (nSPS) is 22.3. The minimum Gasteiger partial charge on any atom is -0.330 e. The number of hydrogen-bond donors (Lipinski definition) is 2. The van der Waals surface area contributed by atoms with Crippen molar-refractivity contribution >= 4 is 9.84 Å². The highest BCUT2D eigenvalue weighted by Crippen LogP contribution is 2.62. The lowest BCUT2D eigenvalue weighted by molar-refractivity contribution is 0.509. The van der Waals surface area contributed by atoms with Crippen molar-refractivity contribution in [2.45, 2.75) is 23.0 Å². The first-order valence-corrected chi connectivity index (χ1v) is 9.37. The summed E-state index contributed by atoms with van der Waals surface area (Å²) in [5, 5.41) is -0.732. The molecule has 0 aromatic heterocycles. The molecule has 0 radical (unpaired) electrons. The fraction of sp³-hybridized carbons (Fsp3) is 0.333. The third-order valence-corrected chi connectivity index (χ3v) is 7.37. The second-order valence-corrected chi connectivity index (χ2v) is 8.52. The molecule has 1 saturated carbocycles. The summed E-state index contributed by atoms with van der Waals surface area (Å²) in [6, 6.07) is 12.7. The molecule has 0 bridgehead atoms. The Hall–Kier alpha value is -1.76. The van der Waals surface area contributed by atoms with Crippen LogP contribution in [0.3, 0.4) is 0 Å². The van der Waals surface area contributed by atoms with Crippen LogP contribution in [0.2, 0.25) is 0 Å². The highest BCUT2D eigenvalue weighted by Gasteiger charge is 2.69. The zero-order chi connectivity index (χ0) is 17.5. The Balaban J connectivity index is 2.06. The molecule has 2 aromatic rings. The predicted molar refractivity (Wildman–Crippen MR) is 91.8 cm³/mol. The van der Waals surface area contributed by atoms with Crippen LogP contribution >= 0.6 is 0 Å². The molecule has 1 aliphatic rings. The number of rotatable bonds is 5. The van der Waals surface area contributed by atoms with Crippen LogP contribution in [-0.4, -0.2) is 26.8 Å². The van der Waals surface area contributed by atoms with Gasteiger partial charge in [-0.3, -0.25) is 0 Å². The van der Waals surface area contributed by atoms with Crippen molar-refractivity contribution < 1.29 is 12.8 Å². The highest BCUT2D eigenvalue weighted by atomic mass is 32.2. The van der Waals surface area contributed by atoms with Crippen molar-refractivity contribution in [2.24, 2.45) is 16.9 Å². The van der Waals surface area contributed by atoms with Crippen molar-refractivity contribution in [1.82, 2.24) is 0 Å². The molecule has 6 heteroatoms. The Morgan fingerprint density at radius 3 is 2.25 bits per heavy atom. The number of halogens is 1. The zero-order valence-corrected chi connectivity index (χ0v) is 14.3. The molecule has 24 heavy (non-hydrogen) atoms. The number of hydrogen-bond acceptors (Lipinski definition) is 4. The van der Waals surface area contributed by atoms with E-state index in [2.05, 4.69) is 0 Å². The third-order valence-electron chi connectivity index (χ3n) is 5.03. The Kier molecular flexibility index (Phi) is 4.23. The molecule has 4 N–H and O–H groups in total. The molecule has 0 heterocycles. The molecule has 0 spiro atoms. The Morgan fingerprint density at radius 1 is 1.08 bits per heavy atom. The lowest BCUT2D eigenvalue weighted by Gasteiger charge is -2.13. The first-order chi connectivity index (χ1) is 11.4. The summed E-state index contributed by atoms with van der Waals surface area (Å²) in [4.78, 5) is 0.253. The van der Waals surface area contributed by atoms with Gasteiger partial charge in [-0.25, -0.2) is 12.8 Å². The van der Waals surface area contributed by atoms with Crippen molar-refractivity contribution in [3.8, 4) is 0 Å². The van der Waals surface area contributed by atoms with Crippen LogP contribution in [0.1, 0.15) is 17.0 Å². The molecule has 0 saturated heterocycles. The van der Waals surface area contributed by atoms with Gasteiger partial charge < -0.3 is 11.5 Å². The molecule has 1 aliphatic carbocycles. The van der Waals surface area contributed by atoms with Crippen LogP contribution in [0.5, 0.6) is 0 Å². The van der Waals surface area contributed by atoms with Crippen molar-refractivity contribution in [3.63, 3.8) is 0 Å². The van der Waals surface area contributed by atoms with Gasteiger partial charge in [0.25, 0.3) is 0 Å². The average molecular weight is 348 g/mol. The lowest BCUT2D eigenvalue weighted by atomic mass is 9.99. The number of aryl methyl sites for hydroxylation is 1. The molecular formula is C18H21FN2O2S. The van der Waals surface area contributed by atoms with Crippen molar-refractivity contribution in [3.05, 3.63) is 65.5 Å². The maximum absolute atomic E-state index is 13.6. The van der Waals surface area contributed by atoms with Crippen LogP contribution in [0.15, 0.2) is 53.4 Å². The van der Waals surface area contributed by atoms with Gasteiger partial charge >= 0.3 is 0 Å². The summed E-state index contributed by atoms with van der Waals surface area (Å²) >= 11 is 0. The van der Waals surface area contributed by atoms with E-state index in [0.29, 0.717) is 5.56 Å². The smallest absolute Gasteiger partial charge is 0.182 e. The predicted octanol–water partition coefficient (Wildman–Crippen LogP) is 1.98. The number of nitrogens with two attached hydrogens (primary N) is 2. The van der Waals surface area contributed by atoms with Crippen molar-refractivity contribution in [2.75, 3.05) is 13.1 Å². The Bertz CT molecular complexity index is 846. The van der Waals surface area contributed by atoms with Gasteiger partial charge in [-0.2, -0.15) is 0 Å². The van der Waals surface area contributed by atoms with Gasteiger partial charge in [-0.1, -0.05) is 29.8 Å². The summed E-state index contributed by atoms with van der Waals surface area (Å²) in [7, 11) is -3.61.